The van der Waals surface area contributed by atoms with E-state index in [1.165, 1.54) is 29.5 Å². The highest BCUT2D eigenvalue weighted by Crippen LogP contribution is 2.44. The Morgan fingerprint density at radius 3 is 2.56 bits per heavy atom. The van der Waals surface area contributed by atoms with E-state index in [1.807, 2.05) is 0 Å². The molecule has 4 rings (SSSR count). The maximum absolute atomic E-state index is 6.26. The van der Waals surface area contributed by atoms with Crippen LogP contribution in [0.2, 0.25) is 0 Å². The molecule has 1 aromatic carbocycles. The number of benzene rings is 1. The van der Waals surface area contributed by atoms with Crippen LogP contribution in [0.5, 0.6) is 0 Å². The summed E-state index contributed by atoms with van der Waals surface area (Å²) >= 11 is 0. The van der Waals surface area contributed by atoms with Gasteiger partial charge in [-0.3, -0.25) is 4.90 Å². The fourth-order valence-corrected chi connectivity index (χ4v) is 2.85. The number of nitrogens with two attached hydrogens (primary N) is 1. The summed E-state index contributed by atoms with van der Waals surface area (Å²) in [5, 5.41) is 0. The van der Waals surface area contributed by atoms with Gasteiger partial charge in [0.15, 0.2) is 0 Å². The largest absolute Gasteiger partial charge is 0.321 e. The Morgan fingerprint density at radius 2 is 1.88 bits per heavy atom. The van der Waals surface area contributed by atoms with Crippen molar-refractivity contribution in [3.63, 3.8) is 0 Å². The maximum Gasteiger partial charge on any atom is 0.0411 e. The predicted octanol–water partition coefficient (Wildman–Crippen LogP) is 2.11. The van der Waals surface area contributed by atoms with Crippen LogP contribution < -0.4 is 5.73 Å². The van der Waals surface area contributed by atoms with Crippen molar-refractivity contribution in [2.45, 2.75) is 50.4 Å². The molecule has 0 amide bonds. The Morgan fingerprint density at radius 1 is 1.12 bits per heavy atom. The molecule has 2 heteroatoms. The quantitative estimate of drug-likeness (QED) is 0.817. The van der Waals surface area contributed by atoms with Crippen molar-refractivity contribution in [1.29, 1.82) is 0 Å². The smallest absolute Gasteiger partial charge is 0.0411 e. The molecule has 2 N–H and O–H groups in total. The molecule has 3 aliphatic rings. The second-order valence-corrected chi connectivity index (χ2v) is 5.78. The molecule has 84 valence electrons. The summed E-state index contributed by atoms with van der Waals surface area (Å²) in [5.74, 6) is 0. The molecule has 2 saturated carbocycles. The molecule has 1 aromatic rings. The number of fused-ring (bicyclic) bond motifs is 1. The zero-order valence-corrected chi connectivity index (χ0v) is 9.58. The van der Waals surface area contributed by atoms with E-state index >= 15 is 0 Å². The topological polar surface area (TPSA) is 29.3 Å². The third kappa shape index (κ3) is 1.33. The number of nitrogens with zero attached hydrogens (tertiary/aromatic N) is 1. The van der Waals surface area contributed by atoms with E-state index in [4.69, 9.17) is 5.73 Å². The Labute approximate surface area is 96.4 Å². The number of hydrogen-bond donors (Lipinski definition) is 1. The standard InChI is InChI=1S/C14H18N2/c15-14(5-6-14)12-2-1-10-8-16(13-3-4-13)9-11(10)7-12/h1-2,7,13H,3-6,8-9,15H2. The van der Waals surface area contributed by atoms with Crippen LogP contribution in [0.4, 0.5) is 0 Å². The van der Waals surface area contributed by atoms with Gasteiger partial charge in [0.1, 0.15) is 0 Å². The van der Waals surface area contributed by atoms with Gasteiger partial charge in [0, 0.05) is 24.7 Å². The minimum Gasteiger partial charge on any atom is -0.321 e. The highest BCUT2D eigenvalue weighted by molar-refractivity contribution is 5.40. The van der Waals surface area contributed by atoms with Crippen LogP contribution in [0.1, 0.15) is 42.4 Å². The fraction of sp³-hybridized carbons (Fsp3) is 0.571. The van der Waals surface area contributed by atoms with E-state index < -0.39 is 0 Å². The van der Waals surface area contributed by atoms with Gasteiger partial charge in [-0.05, 0) is 42.4 Å². The third-order valence-electron chi connectivity index (χ3n) is 4.38. The van der Waals surface area contributed by atoms with Gasteiger partial charge in [-0.1, -0.05) is 18.2 Å². The van der Waals surface area contributed by atoms with Gasteiger partial charge in [-0.25, -0.2) is 0 Å². The first-order chi connectivity index (χ1) is 7.74. The second kappa shape index (κ2) is 2.88. The summed E-state index contributed by atoms with van der Waals surface area (Å²) in [5.41, 5.74) is 10.7. The lowest BCUT2D eigenvalue weighted by Gasteiger charge is -2.12. The monoisotopic (exact) mass is 214 g/mol. The van der Waals surface area contributed by atoms with Gasteiger partial charge in [0.2, 0.25) is 0 Å². The Kier molecular flexibility index (Phi) is 1.65. The lowest BCUT2D eigenvalue weighted by molar-refractivity contribution is 0.273. The van der Waals surface area contributed by atoms with Gasteiger partial charge in [-0.2, -0.15) is 0 Å². The van der Waals surface area contributed by atoms with E-state index in [0.717, 1.165) is 32.0 Å². The van der Waals surface area contributed by atoms with Crippen LogP contribution in [0.25, 0.3) is 0 Å². The molecule has 0 saturated heterocycles. The van der Waals surface area contributed by atoms with Crippen molar-refractivity contribution in [2.24, 2.45) is 5.73 Å². The summed E-state index contributed by atoms with van der Waals surface area (Å²) in [6.07, 6.45) is 5.14. The third-order valence-corrected chi connectivity index (χ3v) is 4.38. The number of hydrogen-bond acceptors (Lipinski definition) is 2. The average molecular weight is 214 g/mol. The van der Waals surface area contributed by atoms with Crippen molar-refractivity contribution < 1.29 is 0 Å². The molecule has 16 heavy (non-hydrogen) atoms. The molecule has 0 spiro atoms. The SMILES string of the molecule is NC1(c2ccc3c(c2)CN(C2CC2)C3)CC1. The van der Waals surface area contributed by atoms with E-state index in [-0.39, 0.29) is 5.54 Å². The lowest BCUT2D eigenvalue weighted by atomic mass is 10.0. The zero-order valence-electron chi connectivity index (χ0n) is 9.58. The lowest BCUT2D eigenvalue weighted by Crippen LogP contribution is -2.19. The van der Waals surface area contributed by atoms with E-state index in [2.05, 4.69) is 23.1 Å². The number of rotatable bonds is 2. The summed E-state index contributed by atoms with van der Waals surface area (Å²) in [6.45, 7) is 2.32. The maximum atomic E-state index is 6.26. The Balaban J connectivity index is 1.65. The highest BCUT2D eigenvalue weighted by Gasteiger charge is 2.41. The minimum atomic E-state index is 0.0298. The molecule has 0 radical (unpaired) electrons. The van der Waals surface area contributed by atoms with Gasteiger partial charge in [-0.15, -0.1) is 0 Å². The molecule has 0 aromatic heterocycles. The zero-order chi connectivity index (χ0) is 10.8. The Bertz CT molecular complexity index is 444. The van der Waals surface area contributed by atoms with Crippen molar-refractivity contribution in [1.82, 2.24) is 4.90 Å². The molecule has 1 heterocycles. The molecule has 0 bridgehead atoms. The van der Waals surface area contributed by atoms with E-state index in [1.54, 1.807) is 0 Å². The molecule has 2 aliphatic carbocycles. The molecular formula is C14H18N2. The molecule has 1 aliphatic heterocycles. The first-order valence-corrected chi connectivity index (χ1v) is 6.40. The van der Waals surface area contributed by atoms with Crippen LogP contribution in [-0.4, -0.2) is 10.9 Å². The summed E-state index contributed by atoms with van der Waals surface area (Å²) in [6, 6.07) is 7.80. The van der Waals surface area contributed by atoms with Gasteiger partial charge >= 0.3 is 0 Å². The predicted molar refractivity (Wildman–Crippen MR) is 63.8 cm³/mol. The molecular weight excluding hydrogens is 196 g/mol. The average Bonchev–Trinajstić information content (AvgIpc) is 3.19. The molecule has 2 fully saturated rings. The first-order valence-electron chi connectivity index (χ1n) is 6.40. The summed E-state index contributed by atoms with van der Waals surface area (Å²) in [7, 11) is 0. The van der Waals surface area contributed by atoms with Gasteiger partial charge < -0.3 is 5.73 Å². The summed E-state index contributed by atoms with van der Waals surface area (Å²) < 4.78 is 0. The van der Waals surface area contributed by atoms with E-state index in [0.29, 0.717) is 0 Å². The highest BCUT2D eigenvalue weighted by atomic mass is 15.2. The molecule has 2 nitrogen and oxygen atoms in total. The Hall–Kier alpha value is -0.860. The normalized spacial score (nSPS) is 26.8. The van der Waals surface area contributed by atoms with Crippen LogP contribution in [0, 0.1) is 0 Å². The fourth-order valence-electron chi connectivity index (χ4n) is 2.85. The van der Waals surface area contributed by atoms with Crippen LogP contribution in [-0.2, 0) is 18.6 Å². The molecule has 0 atom stereocenters. The molecule has 0 unspecified atom stereocenters. The van der Waals surface area contributed by atoms with Crippen molar-refractivity contribution >= 4 is 0 Å². The minimum absolute atomic E-state index is 0.0298. The second-order valence-electron chi connectivity index (χ2n) is 5.78. The van der Waals surface area contributed by atoms with Crippen LogP contribution >= 0.6 is 0 Å². The van der Waals surface area contributed by atoms with Crippen molar-refractivity contribution in [3.05, 3.63) is 34.9 Å². The summed E-state index contributed by atoms with van der Waals surface area (Å²) in [4.78, 5) is 2.62. The van der Waals surface area contributed by atoms with Crippen LogP contribution in [0.3, 0.4) is 0 Å². The van der Waals surface area contributed by atoms with Crippen LogP contribution in [0.15, 0.2) is 18.2 Å². The van der Waals surface area contributed by atoms with E-state index in [9.17, 15) is 0 Å². The van der Waals surface area contributed by atoms with Crippen molar-refractivity contribution in [2.75, 3.05) is 0 Å². The van der Waals surface area contributed by atoms with Gasteiger partial charge in [0.25, 0.3) is 0 Å². The van der Waals surface area contributed by atoms with Gasteiger partial charge in [0.05, 0.1) is 0 Å². The first kappa shape index (κ1) is 9.20. The van der Waals surface area contributed by atoms with Crippen molar-refractivity contribution in [3.8, 4) is 0 Å².